The molecule has 1 aliphatic rings. The Morgan fingerprint density at radius 2 is 2.24 bits per heavy atom. The fraction of sp³-hybridized carbons (Fsp3) is 0.294. The number of hydrogen-bond donors (Lipinski definition) is 1. The molecule has 1 atom stereocenters. The monoisotopic (exact) mass is 278 g/mol. The first-order chi connectivity index (χ1) is 10.3. The predicted octanol–water partition coefficient (Wildman–Crippen LogP) is 3.46. The zero-order valence-electron chi connectivity index (χ0n) is 12.1. The van der Waals surface area contributed by atoms with Crippen molar-refractivity contribution in [3.63, 3.8) is 0 Å². The molecule has 1 aromatic carbocycles. The van der Waals surface area contributed by atoms with E-state index < -0.39 is 0 Å². The molecule has 2 heterocycles. The largest absolute Gasteiger partial charge is 0.378 e. The van der Waals surface area contributed by atoms with E-state index in [9.17, 15) is 0 Å². The topological polar surface area (TPSA) is 42.7 Å². The van der Waals surface area contributed by atoms with Crippen molar-refractivity contribution in [2.45, 2.75) is 25.3 Å². The summed E-state index contributed by atoms with van der Waals surface area (Å²) in [5.74, 6) is 0. The van der Waals surface area contributed by atoms with E-state index >= 15 is 0 Å². The van der Waals surface area contributed by atoms with Gasteiger partial charge in [0.15, 0.2) is 0 Å². The van der Waals surface area contributed by atoms with Crippen molar-refractivity contribution >= 4 is 16.6 Å². The molecule has 4 nitrogen and oxygen atoms in total. The molecule has 0 saturated heterocycles. The van der Waals surface area contributed by atoms with Crippen LogP contribution in [0.5, 0.6) is 0 Å². The molecule has 3 aromatic rings. The van der Waals surface area contributed by atoms with Crippen LogP contribution in [0.4, 0.5) is 5.69 Å². The molecule has 2 aromatic heterocycles. The number of rotatable bonds is 2. The number of benzene rings is 1. The molecule has 0 bridgehead atoms. The highest BCUT2D eigenvalue weighted by Gasteiger charge is 2.23. The van der Waals surface area contributed by atoms with E-state index in [0.29, 0.717) is 6.04 Å². The lowest BCUT2D eigenvalue weighted by molar-refractivity contribution is 0.571. The Balaban J connectivity index is 1.66. The molecular formula is C17H18N4. The molecule has 1 unspecified atom stereocenters. The number of aryl methyl sites for hydroxylation is 1. The maximum atomic E-state index is 4.41. The number of nitrogens with one attached hydrogen (secondary N) is 1. The van der Waals surface area contributed by atoms with Gasteiger partial charge in [0.05, 0.1) is 17.8 Å². The lowest BCUT2D eigenvalue weighted by Gasteiger charge is -2.25. The summed E-state index contributed by atoms with van der Waals surface area (Å²) in [5, 5.41) is 9.24. The van der Waals surface area contributed by atoms with Gasteiger partial charge in [-0.25, -0.2) is 0 Å². The Kier molecular flexibility index (Phi) is 2.88. The maximum Gasteiger partial charge on any atom is 0.0703 e. The molecule has 106 valence electrons. The average Bonchev–Trinajstić information content (AvgIpc) is 2.90. The van der Waals surface area contributed by atoms with Crippen molar-refractivity contribution in [1.82, 2.24) is 14.8 Å². The molecule has 21 heavy (non-hydrogen) atoms. The first-order valence-corrected chi connectivity index (χ1v) is 7.43. The van der Waals surface area contributed by atoms with Crippen LogP contribution >= 0.6 is 0 Å². The number of anilines is 1. The molecule has 0 radical (unpaired) electrons. The third-order valence-corrected chi connectivity index (χ3v) is 4.32. The van der Waals surface area contributed by atoms with Crippen LogP contribution in [0.25, 0.3) is 10.9 Å². The molecule has 0 fully saturated rings. The van der Waals surface area contributed by atoms with Gasteiger partial charge in [0.25, 0.3) is 0 Å². The zero-order chi connectivity index (χ0) is 14.2. The van der Waals surface area contributed by atoms with Crippen LogP contribution in [0.15, 0.2) is 42.7 Å². The lowest BCUT2D eigenvalue weighted by Crippen LogP contribution is -2.17. The number of nitrogens with zero attached hydrogens (tertiary/aromatic N) is 3. The Morgan fingerprint density at radius 3 is 3.19 bits per heavy atom. The Morgan fingerprint density at radius 1 is 1.29 bits per heavy atom. The van der Waals surface area contributed by atoms with Gasteiger partial charge in [0.2, 0.25) is 0 Å². The first-order valence-electron chi connectivity index (χ1n) is 7.43. The zero-order valence-corrected chi connectivity index (χ0v) is 12.1. The summed E-state index contributed by atoms with van der Waals surface area (Å²) < 4.78 is 2.01. The van der Waals surface area contributed by atoms with Gasteiger partial charge < -0.3 is 5.32 Å². The van der Waals surface area contributed by atoms with Crippen molar-refractivity contribution in [1.29, 1.82) is 0 Å². The summed E-state index contributed by atoms with van der Waals surface area (Å²) in [6, 6.07) is 10.8. The summed E-state index contributed by atoms with van der Waals surface area (Å²) in [4.78, 5) is 4.37. The minimum Gasteiger partial charge on any atom is -0.378 e. The van der Waals surface area contributed by atoms with Crippen LogP contribution < -0.4 is 5.32 Å². The maximum absolute atomic E-state index is 4.41. The van der Waals surface area contributed by atoms with Gasteiger partial charge in [0.1, 0.15) is 0 Å². The molecule has 1 aliphatic carbocycles. The third-order valence-electron chi connectivity index (χ3n) is 4.32. The number of fused-ring (bicyclic) bond motifs is 2. The summed E-state index contributed by atoms with van der Waals surface area (Å²) in [6.45, 7) is 0. The Labute approximate surface area is 123 Å². The summed E-state index contributed by atoms with van der Waals surface area (Å²) in [5.41, 5.74) is 4.89. The van der Waals surface area contributed by atoms with Gasteiger partial charge in [-0.3, -0.25) is 9.67 Å². The molecule has 0 aliphatic heterocycles. The van der Waals surface area contributed by atoms with Crippen LogP contribution in [-0.2, 0) is 13.5 Å². The SMILES string of the molecule is Cn1ncc2c1CCCC2Nc1ccc2ncccc2c1. The fourth-order valence-corrected chi connectivity index (χ4v) is 3.22. The standard InChI is InChI=1S/C17H18N4/c1-21-17-6-2-5-16(14(17)11-19-21)20-13-7-8-15-12(10-13)4-3-9-18-15/h3-4,7-11,16,20H,2,5-6H2,1H3. The van der Waals surface area contributed by atoms with E-state index in [1.165, 1.54) is 23.1 Å². The normalized spacial score (nSPS) is 17.7. The third kappa shape index (κ3) is 2.17. The van der Waals surface area contributed by atoms with Crippen LogP contribution in [0.3, 0.4) is 0 Å². The summed E-state index contributed by atoms with van der Waals surface area (Å²) in [6.07, 6.45) is 7.34. The predicted molar refractivity (Wildman–Crippen MR) is 84.3 cm³/mol. The quantitative estimate of drug-likeness (QED) is 0.780. The van der Waals surface area contributed by atoms with Gasteiger partial charge >= 0.3 is 0 Å². The average molecular weight is 278 g/mol. The van der Waals surface area contributed by atoms with E-state index in [1.54, 1.807) is 0 Å². The second-order valence-corrected chi connectivity index (χ2v) is 5.67. The van der Waals surface area contributed by atoms with Crippen molar-refractivity contribution in [2.75, 3.05) is 5.32 Å². The van der Waals surface area contributed by atoms with Gasteiger partial charge in [-0.2, -0.15) is 5.10 Å². The van der Waals surface area contributed by atoms with E-state index in [2.05, 4.69) is 39.7 Å². The molecule has 1 N–H and O–H groups in total. The number of hydrogen-bond acceptors (Lipinski definition) is 3. The second-order valence-electron chi connectivity index (χ2n) is 5.67. The van der Waals surface area contributed by atoms with Crippen LogP contribution in [0.2, 0.25) is 0 Å². The van der Waals surface area contributed by atoms with E-state index in [1.807, 2.05) is 30.2 Å². The smallest absolute Gasteiger partial charge is 0.0703 e. The van der Waals surface area contributed by atoms with Crippen LogP contribution in [0.1, 0.15) is 30.1 Å². The summed E-state index contributed by atoms with van der Waals surface area (Å²) >= 11 is 0. The van der Waals surface area contributed by atoms with Gasteiger partial charge in [-0.1, -0.05) is 6.07 Å². The minimum atomic E-state index is 0.358. The molecule has 4 heteroatoms. The molecule has 0 spiro atoms. The highest BCUT2D eigenvalue weighted by atomic mass is 15.3. The van der Waals surface area contributed by atoms with Crippen molar-refractivity contribution in [3.05, 3.63) is 54.0 Å². The fourth-order valence-electron chi connectivity index (χ4n) is 3.22. The molecule has 0 saturated carbocycles. The molecule has 0 amide bonds. The summed E-state index contributed by atoms with van der Waals surface area (Å²) in [7, 11) is 2.03. The Hall–Kier alpha value is -2.36. The van der Waals surface area contributed by atoms with Gasteiger partial charge in [-0.05, 0) is 43.5 Å². The van der Waals surface area contributed by atoms with Gasteiger partial charge in [-0.15, -0.1) is 0 Å². The second kappa shape index (κ2) is 4.88. The van der Waals surface area contributed by atoms with E-state index in [-0.39, 0.29) is 0 Å². The Bertz CT molecular complexity index is 790. The van der Waals surface area contributed by atoms with Gasteiger partial charge in [0, 0.05) is 35.6 Å². The minimum absolute atomic E-state index is 0.358. The van der Waals surface area contributed by atoms with Crippen LogP contribution in [-0.4, -0.2) is 14.8 Å². The van der Waals surface area contributed by atoms with Crippen molar-refractivity contribution in [3.8, 4) is 0 Å². The molecular weight excluding hydrogens is 260 g/mol. The van der Waals surface area contributed by atoms with E-state index in [4.69, 9.17) is 0 Å². The highest BCUT2D eigenvalue weighted by Crippen LogP contribution is 2.32. The highest BCUT2D eigenvalue weighted by molar-refractivity contribution is 5.82. The van der Waals surface area contributed by atoms with Crippen molar-refractivity contribution in [2.24, 2.45) is 7.05 Å². The van der Waals surface area contributed by atoms with E-state index in [0.717, 1.165) is 24.0 Å². The number of pyridine rings is 1. The van der Waals surface area contributed by atoms with Crippen molar-refractivity contribution < 1.29 is 0 Å². The number of aromatic nitrogens is 3. The molecule has 4 rings (SSSR count). The van der Waals surface area contributed by atoms with Crippen LogP contribution in [0, 0.1) is 0 Å². The lowest BCUT2D eigenvalue weighted by atomic mass is 9.93. The first kappa shape index (κ1) is 12.4.